The van der Waals surface area contributed by atoms with Crippen molar-refractivity contribution in [2.24, 2.45) is 0 Å². The van der Waals surface area contributed by atoms with Crippen LogP contribution in [-0.4, -0.2) is 31.0 Å². The molecule has 0 radical (unpaired) electrons. The van der Waals surface area contributed by atoms with E-state index < -0.39 is 6.61 Å². The van der Waals surface area contributed by atoms with Gasteiger partial charge in [0, 0.05) is 12.6 Å². The zero-order valence-electron chi connectivity index (χ0n) is 12.0. The Morgan fingerprint density at radius 3 is 2.71 bits per heavy atom. The topological polar surface area (TPSA) is 50.7 Å². The van der Waals surface area contributed by atoms with Crippen LogP contribution in [0, 0.1) is 0 Å². The monoisotopic (exact) mass is 301 g/mol. The minimum Gasteiger partial charge on any atom is -0.493 e. The lowest BCUT2D eigenvalue weighted by molar-refractivity contribution is -0.0512. The summed E-state index contributed by atoms with van der Waals surface area (Å²) in [6.45, 7) is -2.33. The molecule has 0 bridgehead atoms. The normalized spacial score (nSPS) is 22.3. The maximum atomic E-state index is 12.3. The molecule has 118 valence electrons. The molecule has 4 nitrogen and oxygen atoms in total. The molecule has 0 heterocycles. The van der Waals surface area contributed by atoms with Crippen LogP contribution < -0.4 is 14.8 Å². The number of rotatable bonds is 6. The Morgan fingerprint density at radius 2 is 2.05 bits per heavy atom. The highest BCUT2D eigenvalue weighted by molar-refractivity contribution is 5.43. The summed E-state index contributed by atoms with van der Waals surface area (Å²) in [4.78, 5) is 0. The van der Waals surface area contributed by atoms with E-state index in [1.165, 1.54) is 13.2 Å². The van der Waals surface area contributed by atoms with Crippen LogP contribution >= 0.6 is 0 Å². The molecule has 1 aliphatic carbocycles. The van der Waals surface area contributed by atoms with Crippen molar-refractivity contribution < 1.29 is 23.4 Å². The van der Waals surface area contributed by atoms with Crippen molar-refractivity contribution in [3.63, 3.8) is 0 Å². The third-order valence-corrected chi connectivity index (χ3v) is 3.74. The largest absolute Gasteiger partial charge is 0.493 e. The fourth-order valence-corrected chi connectivity index (χ4v) is 2.61. The van der Waals surface area contributed by atoms with E-state index in [1.807, 2.05) is 0 Å². The SMILES string of the molecule is COc1cc(CNC2CCCCC2O)ccc1OC(F)F. The number of halogens is 2. The third-order valence-electron chi connectivity index (χ3n) is 3.74. The molecule has 0 spiro atoms. The van der Waals surface area contributed by atoms with Crippen molar-refractivity contribution in [2.75, 3.05) is 7.11 Å². The van der Waals surface area contributed by atoms with Gasteiger partial charge in [0.25, 0.3) is 0 Å². The molecule has 2 N–H and O–H groups in total. The number of benzene rings is 1. The predicted molar refractivity (Wildman–Crippen MR) is 74.7 cm³/mol. The minimum absolute atomic E-state index is 0.0222. The quantitative estimate of drug-likeness (QED) is 0.848. The summed E-state index contributed by atoms with van der Waals surface area (Å²) in [5.41, 5.74) is 0.895. The van der Waals surface area contributed by atoms with E-state index in [0.717, 1.165) is 31.2 Å². The minimum atomic E-state index is -2.87. The van der Waals surface area contributed by atoms with Crippen LogP contribution in [0.3, 0.4) is 0 Å². The van der Waals surface area contributed by atoms with Gasteiger partial charge in [0.2, 0.25) is 0 Å². The van der Waals surface area contributed by atoms with Gasteiger partial charge in [0.15, 0.2) is 11.5 Å². The summed E-state index contributed by atoms with van der Waals surface area (Å²) in [7, 11) is 1.41. The Morgan fingerprint density at radius 1 is 1.29 bits per heavy atom. The predicted octanol–water partition coefficient (Wildman–Crippen LogP) is 2.69. The third kappa shape index (κ3) is 4.54. The van der Waals surface area contributed by atoms with Crippen molar-refractivity contribution >= 4 is 0 Å². The molecule has 1 aliphatic rings. The van der Waals surface area contributed by atoms with Crippen LogP contribution in [0.1, 0.15) is 31.2 Å². The van der Waals surface area contributed by atoms with Crippen molar-refractivity contribution in [3.05, 3.63) is 23.8 Å². The van der Waals surface area contributed by atoms with Gasteiger partial charge in [-0.05, 0) is 30.5 Å². The Bertz CT molecular complexity index is 457. The number of aliphatic hydroxyl groups is 1. The van der Waals surface area contributed by atoms with Gasteiger partial charge in [-0.1, -0.05) is 18.9 Å². The van der Waals surface area contributed by atoms with Gasteiger partial charge in [-0.3, -0.25) is 0 Å². The van der Waals surface area contributed by atoms with Crippen LogP contribution in [0.5, 0.6) is 11.5 Å². The van der Waals surface area contributed by atoms with Crippen molar-refractivity contribution in [3.8, 4) is 11.5 Å². The fraction of sp³-hybridized carbons (Fsp3) is 0.600. The molecule has 1 saturated carbocycles. The highest BCUT2D eigenvalue weighted by Crippen LogP contribution is 2.29. The molecular weight excluding hydrogens is 280 g/mol. The average Bonchev–Trinajstić information content (AvgIpc) is 2.47. The van der Waals surface area contributed by atoms with Gasteiger partial charge < -0.3 is 19.9 Å². The molecule has 2 unspecified atom stereocenters. The van der Waals surface area contributed by atoms with E-state index in [2.05, 4.69) is 10.1 Å². The summed E-state index contributed by atoms with van der Waals surface area (Å²) in [5, 5.41) is 13.2. The van der Waals surface area contributed by atoms with Gasteiger partial charge in [0.05, 0.1) is 13.2 Å². The maximum absolute atomic E-state index is 12.3. The number of nitrogens with one attached hydrogen (secondary N) is 1. The highest BCUT2D eigenvalue weighted by atomic mass is 19.3. The number of methoxy groups -OCH3 is 1. The molecule has 21 heavy (non-hydrogen) atoms. The molecule has 0 aliphatic heterocycles. The first kappa shape index (κ1) is 16.0. The van der Waals surface area contributed by atoms with Crippen molar-refractivity contribution in [1.82, 2.24) is 5.32 Å². The van der Waals surface area contributed by atoms with Gasteiger partial charge in [-0.25, -0.2) is 0 Å². The van der Waals surface area contributed by atoms with E-state index in [-0.39, 0.29) is 23.6 Å². The lowest BCUT2D eigenvalue weighted by Crippen LogP contribution is -2.41. The molecule has 1 aromatic rings. The number of alkyl halides is 2. The lowest BCUT2D eigenvalue weighted by Gasteiger charge is -2.28. The van der Waals surface area contributed by atoms with Gasteiger partial charge >= 0.3 is 6.61 Å². The summed E-state index contributed by atoms with van der Waals surface area (Å²) in [6, 6.07) is 4.93. The molecule has 0 amide bonds. The van der Waals surface area contributed by atoms with E-state index in [1.54, 1.807) is 12.1 Å². The Hall–Kier alpha value is -1.40. The number of ether oxygens (including phenoxy) is 2. The summed E-state index contributed by atoms with van der Waals surface area (Å²) in [6.07, 6.45) is 3.63. The molecule has 2 rings (SSSR count). The average molecular weight is 301 g/mol. The first-order valence-corrected chi connectivity index (χ1v) is 7.13. The molecule has 1 fully saturated rings. The first-order valence-electron chi connectivity index (χ1n) is 7.13. The molecule has 1 aromatic carbocycles. The van der Waals surface area contributed by atoms with E-state index in [0.29, 0.717) is 6.54 Å². The smallest absolute Gasteiger partial charge is 0.387 e. The molecule has 2 atom stereocenters. The van der Waals surface area contributed by atoms with E-state index in [4.69, 9.17) is 4.74 Å². The second-order valence-electron chi connectivity index (χ2n) is 5.20. The van der Waals surface area contributed by atoms with Crippen LogP contribution in [-0.2, 0) is 6.54 Å². The number of hydrogen-bond acceptors (Lipinski definition) is 4. The summed E-state index contributed by atoms with van der Waals surface area (Å²) < 4.78 is 34.0. The molecule has 0 saturated heterocycles. The number of aliphatic hydroxyl groups excluding tert-OH is 1. The first-order chi connectivity index (χ1) is 10.1. The molecular formula is C15H21F2NO3. The maximum Gasteiger partial charge on any atom is 0.387 e. The zero-order chi connectivity index (χ0) is 15.2. The summed E-state index contributed by atoms with van der Waals surface area (Å²) >= 11 is 0. The van der Waals surface area contributed by atoms with Gasteiger partial charge in [0.1, 0.15) is 0 Å². The van der Waals surface area contributed by atoms with Crippen molar-refractivity contribution in [2.45, 2.75) is 51.0 Å². The molecule has 0 aromatic heterocycles. The standard InChI is InChI=1S/C15H21F2NO3/c1-20-14-8-10(6-7-13(14)21-15(16)17)9-18-11-4-2-3-5-12(11)19/h6-8,11-12,15,18-19H,2-5,9H2,1H3. The molecule has 6 heteroatoms. The van der Waals surface area contributed by atoms with Crippen LogP contribution in [0.4, 0.5) is 8.78 Å². The Balaban J connectivity index is 1.97. The fourth-order valence-electron chi connectivity index (χ4n) is 2.61. The second kappa shape index (κ2) is 7.56. The Labute approximate surface area is 123 Å². The highest BCUT2D eigenvalue weighted by Gasteiger charge is 2.22. The van der Waals surface area contributed by atoms with E-state index in [9.17, 15) is 13.9 Å². The Kier molecular flexibility index (Phi) is 5.76. The second-order valence-corrected chi connectivity index (χ2v) is 5.20. The van der Waals surface area contributed by atoms with Crippen LogP contribution in [0.15, 0.2) is 18.2 Å². The van der Waals surface area contributed by atoms with Gasteiger partial charge in [-0.2, -0.15) is 8.78 Å². The lowest BCUT2D eigenvalue weighted by atomic mass is 9.92. The van der Waals surface area contributed by atoms with Crippen LogP contribution in [0.2, 0.25) is 0 Å². The zero-order valence-corrected chi connectivity index (χ0v) is 12.0. The summed E-state index contributed by atoms with van der Waals surface area (Å²) in [5.74, 6) is 0.299. The van der Waals surface area contributed by atoms with E-state index >= 15 is 0 Å². The van der Waals surface area contributed by atoms with Gasteiger partial charge in [-0.15, -0.1) is 0 Å². The van der Waals surface area contributed by atoms with Crippen LogP contribution in [0.25, 0.3) is 0 Å². The number of hydrogen-bond donors (Lipinski definition) is 2. The van der Waals surface area contributed by atoms with Crippen molar-refractivity contribution in [1.29, 1.82) is 0 Å².